The van der Waals surface area contributed by atoms with Gasteiger partial charge in [0.05, 0.1) is 23.7 Å². The molecule has 112 valence electrons. The van der Waals surface area contributed by atoms with Crippen LogP contribution < -0.4 is 10.1 Å². The lowest BCUT2D eigenvalue weighted by Gasteiger charge is -2.23. The molecule has 0 bridgehead atoms. The Bertz CT molecular complexity index is 686. The number of benzene rings is 1. The summed E-state index contributed by atoms with van der Waals surface area (Å²) in [6.45, 7) is 3.34. The van der Waals surface area contributed by atoms with Crippen LogP contribution in [0.15, 0.2) is 28.9 Å². The second-order valence-corrected chi connectivity index (χ2v) is 6.13. The first kappa shape index (κ1) is 15.7. The summed E-state index contributed by atoms with van der Waals surface area (Å²) in [5.74, 6) is 0.368. The van der Waals surface area contributed by atoms with Gasteiger partial charge in [0.1, 0.15) is 11.4 Å². The Morgan fingerprint density at radius 2 is 2.10 bits per heavy atom. The van der Waals surface area contributed by atoms with Crippen molar-refractivity contribution in [3.8, 4) is 5.75 Å². The largest absolute Gasteiger partial charge is 0.496 e. The summed E-state index contributed by atoms with van der Waals surface area (Å²) in [6.07, 6.45) is 1.58. The van der Waals surface area contributed by atoms with Gasteiger partial charge in [-0.3, -0.25) is 9.78 Å². The number of fused-ring (bicyclic) bond motifs is 1. The van der Waals surface area contributed by atoms with Crippen molar-refractivity contribution in [3.63, 3.8) is 0 Å². The molecular formula is C15H17BrN2O3. The highest BCUT2D eigenvalue weighted by molar-refractivity contribution is 9.10. The number of aromatic nitrogens is 1. The molecule has 0 unspecified atom stereocenters. The fourth-order valence-electron chi connectivity index (χ4n) is 1.94. The van der Waals surface area contributed by atoms with Gasteiger partial charge in [-0.25, -0.2) is 0 Å². The van der Waals surface area contributed by atoms with Crippen molar-refractivity contribution >= 4 is 32.6 Å². The smallest absolute Gasteiger partial charge is 0.271 e. The maximum Gasteiger partial charge on any atom is 0.271 e. The molecule has 1 aromatic heterocycles. The van der Waals surface area contributed by atoms with Crippen molar-refractivity contribution in [2.24, 2.45) is 0 Å². The molecule has 21 heavy (non-hydrogen) atoms. The van der Waals surface area contributed by atoms with E-state index in [2.05, 4.69) is 26.2 Å². The van der Waals surface area contributed by atoms with Gasteiger partial charge in [0.2, 0.25) is 0 Å². The predicted molar refractivity (Wildman–Crippen MR) is 84.6 cm³/mol. The van der Waals surface area contributed by atoms with Crippen molar-refractivity contribution < 1.29 is 14.6 Å². The van der Waals surface area contributed by atoms with Gasteiger partial charge in [-0.15, -0.1) is 0 Å². The number of nitrogens with one attached hydrogen (secondary N) is 1. The third-order valence-electron chi connectivity index (χ3n) is 3.13. The third-order valence-corrected chi connectivity index (χ3v) is 3.94. The summed E-state index contributed by atoms with van der Waals surface area (Å²) in [4.78, 5) is 16.5. The minimum atomic E-state index is -0.704. The Morgan fingerprint density at radius 1 is 1.38 bits per heavy atom. The molecule has 5 nitrogen and oxygen atoms in total. The molecule has 0 spiro atoms. The lowest BCUT2D eigenvalue weighted by Crippen LogP contribution is -2.46. The van der Waals surface area contributed by atoms with Crippen LogP contribution in [-0.2, 0) is 0 Å². The van der Waals surface area contributed by atoms with Crippen LogP contribution in [0.5, 0.6) is 5.75 Å². The minimum Gasteiger partial charge on any atom is -0.496 e. The van der Waals surface area contributed by atoms with E-state index in [1.165, 1.54) is 0 Å². The molecule has 1 heterocycles. The molecule has 1 aromatic carbocycles. The maximum absolute atomic E-state index is 12.4. The van der Waals surface area contributed by atoms with E-state index in [1.54, 1.807) is 39.3 Å². The molecule has 6 heteroatoms. The number of nitrogens with zero attached hydrogens (tertiary/aromatic N) is 1. The summed E-state index contributed by atoms with van der Waals surface area (Å²) in [7, 11) is 1.59. The van der Waals surface area contributed by atoms with Gasteiger partial charge in [0, 0.05) is 17.0 Å². The number of methoxy groups -OCH3 is 1. The molecule has 2 aromatic rings. The topological polar surface area (TPSA) is 71.5 Å². The van der Waals surface area contributed by atoms with E-state index in [9.17, 15) is 9.90 Å². The van der Waals surface area contributed by atoms with Crippen molar-refractivity contribution in [1.82, 2.24) is 10.3 Å². The van der Waals surface area contributed by atoms with Crippen LogP contribution in [0.3, 0.4) is 0 Å². The van der Waals surface area contributed by atoms with E-state index in [-0.39, 0.29) is 12.5 Å². The van der Waals surface area contributed by atoms with E-state index in [0.717, 1.165) is 15.2 Å². The zero-order valence-electron chi connectivity index (χ0n) is 12.1. The van der Waals surface area contributed by atoms with E-state index < -0.39 is 5.54 Å². The van der Waals surface area contributed by atoms with E-state index in [1.807, 2.05) is 6.07 Å². The normalized spacial score (nSPS) is 11.5. The third kappa shape index (κ3) is 3.16. The fraction of sp³-hybridized carbons (Fsp3) is 0.333. The monoisotopic (exact) mass is 352 g/mol. The number of amides is 1. The van der Waals surface area contributed by atoms with E-state index in [0.29, 0.717) is 11.4 Å². The highest BCUT2D eigenvalue weighted by Crippen LogP contribution is 2.33. The number of aliphatic hydroxyl groups is 1. The van der Waals surface area contributed by atoms with Gasteiger partial charge in [-0.2, -0.15) is 0 Å². The van der Waals surface area contributed by atoms with Gasteiger partial charge in [-0.1, -0.05) is 0 Å². The summed E-state index contributed by atoms with van der Waals surface area (Å²) in [6, 6.07) is 5.39. The number of halogens is 1. The van der Waals surface area contributed by atoms with Gasteiger partial charge in [-0.05, 0) is 48.0 Å². The van der Waals surface area contributed by atoms with Gasteiger partial charge >= 0.3 is 0 Å². The quantitative estimate of drug-likeness (QED) is 0.886. The molecule has 0 aliphatic carbocycles. The average Bonchev–Trinajstić information content (AvgIpc) is 2.47. The van der Waals surface area contributed by atoms with Crippen LogP contribution in [-0.4, -0.2) is 35.3 Å². The molecule has 0 saturated carbocycles. The second kappa shape index (κ2) is 5.99. The number of carbonyl (C=O) groups is 1. The molecule has 2 rings (SSSR count). The van der Waals surface area contributed by atoms with Crippen LogP contribution in [0.4, 0.5) is 0 Å². The first-order valence-electron chi connectivity index (χ1n) is 6.44. The first-order valence-corrected chi connectivity index (χ1v) is 7.23. The lowest BCUT2D eigenvalue weighted by molar-refractivity contribution is 0.0866. The number of pyridine rings is 1. The van der Waals surface area contributed by atoms with Crippen LogP contribution in [0.2, 0.25) is 0 Å². The molecule has 0 radical (unpaired) electrons. The van der Waals surface area contributed by atoms with Gasteiger partial charge < -0.3 is 15.2 Å². The highest BCUT2D eigenvalue weighted by atomic mass is 79.9. The maximum atomic E-state index is 12.4. The highest BCUT2D eigenvalue weighted by Gasteiger charge is 2.22. The first-order chi connectivity index (χ1) is 9.89. The Morgan fingerprint density at radius 3 is 2.71 bits per heavy atom. The summed E-state index contributed by atoms with van der Waals surface area (Å²) in [5.41, 5.74) is -0.387. The van der Waals surface area contributed by atoms with Crippen molar-refractivity contribution in [1.29, 1.82) is 0 Å². The number of aliphatic hydroxyl groups excluding tert-OH is 1. The average molecular weight is 353 g/mol. The van der Waals surface area contributed by atoms with Crippen LogP contribution in [0, 0.1) is 0 Å². The number of hydrogen-bond donors (Lipinski definition) is 2. The van der Waals surface area contributed by atoms with Crippen molar-refractivity contribution in [2.45, 2.75) is 19.4 Å². The van der Waals surface area contributed by atoms with Crippen LogP contribution in [0.1, 0.15) is 24.3 Å². The Balaban J connectivity index is 2.51. The van der Waals surface area contributed by atoms with Gasteiger partial charge in [0.25, 0.3) is 5.91 Å². The summed E-state index contributed by atoms with van der Waals surface area (Å²) in [5, 5.41) is 13.6. The molecule has 2 N–H and O–H groups in total. The molecule has 0 atom stereocenters. The molecular weight excluding hydrogens is 336 g/mol. The number of hydrogen-bond acceptors (Lipinski definition) is 4. The second-order valence-electron chi connectivity index (χ2n) is 5.33. The minimum absolute atomic E-state index is 0.152. The zero-order chi connectivity index (χ0) is 15.6. The SMILES string of the molecule is COc1ccc2c(C(=O)NC(C)(C)CO)nccc2c1Br. The number of rotatable bonds is 4. The fourth-order valence-corrected chi connectivity index (χ4v) is 2.58. The molecule has 1 amide bonds. The van der Waals surface area contributed by atoms with Crippen LogP contribution in [0.25, 0.3) is 10.8 Å². The number of ether oxygens (including phenoxy) is 1. The Kier molecular flexibility index (Phi) is 4.49. The van der Waals surface area contributed by atoms with Gasteiger partial charge in [0.15, 0.2) is 0 Å². The van der Waals surface area contributed by atoms with E-state index in [4.69, 9.17) is 4.74 Å². The molecule has 0 saturated heterocycles. The van der Waals surface area contributed by atoms with Crippen molar-refractivity contribution in [2.75, 3.05) is 13.7 Å². The lowest BCUT2D eigenvalue weighted by atomic mass is 10.1. The summed E-state index contributed by atoms with van der Waals surface area (Å²) >= 11 is 3.48. The standard InChI is InChI=1S/C15H17BrN2O3/c1-15(2,8-19)18-14(20)13-10-4-5-11(21-3)12(16)9(10)6-7-17-13/h4-7,19H,8H2,1-3H3,(H,18,20). The summed E-state index contributed by atoms with van der Waals surface area (Å²) < 4.78 is 6.03. The molecule has 0 aliphatic heterocycles. The molecule has 0 fully saturated rings. The van der Waals surface area contributed by atoms with Crippen molar-refractivity contribution in [3.05, 3.63) is 34.6 Å². The predicted octanol–water partition coefficient (Wildman–Crippen LogP) is 2.51. The van der Waals surface area contributed by atoms with Crippen LogP contribution >= 0.6 is 15.9 Å². The molecule has 0 aliphatic rings. The Hall–Kier alpha value is -1.66. The van der Waals surface area contributed by atoms with E-state index >= 15 is 0 Å². The zero-order valence-corrected chi connectivity index (χ0v) is 13.7. The number of carbonyl (C=O) groups excluding carboxylic acids is 1. The Labute approximate surface area is 131 Å².